The lowest BCUT2D eigenvalue weighted by molar-refractivity contribution is -0.134. The van der Waals surface area contributed by atoms with Crippen molar-refractivity contribution < 1.29 is 4.79 Å². The zero-order chi connectivity index (χ0) is 11.0. The van der Waals surface area contributed by atoms with Gasteiger partial charge in [-0.3, -0.25) is 4.79 Å². The quantitative estimate of drug-likeness (QED) is 0.745. The van der Waals surface area contributed by atoms with Crippen LogP contribution in [0.4, 0.5) is 0 Å². The molecule has 86 valence electrons. The minimum atomic E-state index is -0.0297. The molecule has 0 radical (unpaired) electrons. The fourth-order valence-corrected chi connectivity index (χ4v) is 2.93. The molecule has 0 aromatic carbocycles. The topological polar surface area (TPSA) is 46.3 Å². The second kappa shape index (κ2) is 4.12. The first-order chi connectivity index (χ1) is 7.09. The summed E-state index contributed by atoms with van der Waals surface area (Å²) in [7, 11) is 0. The highest BCUT2D eigenvalue weighted by molar-refractivity contribution is 5.79. The molecule has 1 saturated heterocycles. The molecular formula is C12H22N2O. The lowest BCUT2D eigenvalue weighted by Crippen LogP contribution is -2.41. The largest absolute Gasteiger partial charge is 0.342 e. The number of carbonyl (C=O) groups is 1. The lowest BCUT2D eigenvalue weighted by atomic mass is 10.0. The van der Waals surface area contributed by atoms with E-state index in [2.05, 4.69) is 0 Å². The SMILES string of the molecule is CC(N)C(C)C(=O)N1CC2CCCC2C1. The summed E-state index contributed by atoms with van der Waals surface area (Å²) >= 11 is 0. The first-order valence-corrected chi connectivity index (χ1v) is 6.14. The third-order valence-corrected chi connectivity index (χ3v) is 4.22. The van der Waals surface area contributed by atoms with Crippen molar-refractivity contribution in [3.05, 3.63) is 0 Å². The molecule has 2 aliphatic rings. The van der Waals surface area contributed by atoms with E-state index in [0.29, 0.717) is 0 Å². The third-order valence-electron chi connectivity index (χ3n) is 4.22. The van der Waals surface area contributed by atoms with Gasteiger partial charge in [-0.2, -0.15) is 0 Å². The predicted octanol–water partition coefficient (Wildman–Crippen LogP) is 1.23. The van der Waals surface area contributed by atoms with Crippen LogP contribution in [0.3, 0.4) is 0 Å². The van der Waals surface area contributed by atoms with E-state index in [-0.39, 0.29) is 17.9 Å². The Bertz CT molecular complexity index is 240. The van der Waals surface area contributed by atoms with E-state index in [4.69, 9.17) is 5.73 Å². The fourth-order valence-electron chi connectivity index (χ4n) is 2.93. The van der Waals surface area contributed by atoms with Crippen LogP contribution in [0.25, 0.3) is 0 Å². The number of amides is 1. The molecule has 0 aromatic rings. The van der Waals surface area contributed by atoms with Gasteiger partial charge in [0.2, 0.25) is 5.91 Å². The second-order valence-corrected chi connectivity index (χ2v) is 5.34. The number of hydrogen-bond acceptors (Lipinski definition) is 2. The predicted molar refractivity (Wildman–Crippen MR) is 60.2 cm³/mol. The number of fused-ring (bicyclic) bond motifs is 1. The van der Waals surface area contributed by atoms with Gasteiger partial charge in [-0.15, -0.1) is 0 Å². The monoisotopic (exact) mass is 210 g/mol. The van der Waals surface area contributed by atoms with Gasteiger partial charge in [-0.25, -0.2) is 0 Å². The molecule has 3 nitrogen and oxygen atoms in total. The zero-order valence-electron chi connectivity index (χ0n) is 9.78. The molecule has 1 heterocycles. The van der Waals surface area contributed by atoms with Crippen molar-refractivity contribution in [2.24, 2.45) is 23.5 Å². The van der Waals surface area contributed by atoms with E-state index in [0.717, 1.165) is 24.9 Å². The Morgan fingerprint density at radius 3 is 2.27 bits per heavy atom. The molecule has 3 heteroatoms. The van der Waals surface area contributed by atoms with Gasteiger partial charge in [0.25, 0.3) is 0 Å². The molecule has 2 N–H and O–H groups in total. The van der Waals surface area contributed by atoms with E-state index in [1.54, 1.807) is 0 Å². The molecule has 1 amide bonds. The van der Waals surface area contributed by atoms with Crippen molar-refractivity contribution >= 4 is 5.91 Å². The lowest BCUT2D eigenvalue weighted by Gasteiger charge is -2.23. The summed E-state index contributed by atoms with van der Waals surface area (Å²) in [4.78, 5) is 14.1. The van der Waals surface area contributed by atoms with Crippen LogP contribution in [0.1, 0.15) is 33.1 Å². The Morgan fingerprint density at radius 1 is 1.27 bits per heavy atom. The van der Waals surface area contributed by atoms with Gasteiger partial charge in [-0.05, 0) is 31.6 Å². The number of hydrogen-bond donors (Lipinski definition) is 1. The number of nitrogens with two attached hydrogens (primary N) is 1. The van der Waals surface area contributed by atoms with E-state index >= 15 is 0 Å². The normalized spacial score (nSPS) is 33.9. The summed E-state index contributed by atoms with van der Waals surface area (Å²) in [5, 5.41) is 0. The van der Waals surface area contributed by atoms with Crippen LogP contribution in [-0.4, -0.2) is 29.9 Å². The highest BCUT2D eigenvalue weighted by atomic mass is 16.2. The Hall–Kier alpha value is -0.570. The van der Waals surface area contributed by atoms with Gasteiger partial charge in [0.15, 0.2) is 0 Å². The van der Waals surface area contributed by atoms with Gasteiger partial charge in [0.1, 0.15) is 0 Å². The van der Waals surface area contributed by atoms with Gasteiger partial charge in [0, 0.05) is 19.1 Å². The molecule has 1 aliphatic carbocycles. The summed E-state index contributed by atoms with van der Waals surface area (Å²) in [6.07, 6.45) is 4.00. The van der Waals surface area contributed by atoms with Crippen molar-refractivity contribution in [3.8, 4) is 0 Å². The molecule has 0 aromatic heterocycles. The average Bonchev–Trinajstić information content (AvgIpc) is 2.74. The minimum absolute atomic E-state index is 0.0242. The number of rotatable bonds is 2. The van der Waals surface area contributed by atoms with Gasteiger partial charge < -0.3 is 10.6 Å². The van der Waals surface area contributed by atoms with Crippen molar-refractivity contribution in [2.45, 2.75) is 39.2 Å². The van der Waals surface area contributed by atoms with Crippen LogP contribution in [0.15, 0.2) is 0 Å². The second-order valence-electron chi connectivity index (χ2n) is 5.34. The molecule has 15 heavy (non-hydrogen) atoms. The molecule has 4 unspecified atom stereocenters. The van der Waals surface area contributed by atoms with Crippen LogP contribution in [0, 0.1) is 17.8 Å². The number of nitrogens with zero attached hydrogens (tertiary/aromatic N) is 1. The zero-order valence-corrected chi connectivity index (χ0v) is 9.78. The van der Waals surface area contributed by atoms with Crippen LogP contribution in [0.2, 0.25) is 0 Å². The number of likely N-dealkylation sites (tertiary alicyclic amines) is 1. The van der Waals surface area contributed by atoms with E-state index in [1.807, 2.05) is 18.7 Å². The summed E-state index contributed by atoms with van der Waals surface area (Å²) in [5.74, 6) is 1.81. The molecule has 2 fully saturated rings. The number of carbonyl (C=O) groups excluding carboxylic acids is 1. The minimum Gasteiger partial charge on any atom is -0.342 e. The van der Waals surface area contributed by atoms with Crippen molar-refractivity contribution in [1.82, 2.24) is 4.90 Å². The molecule has 0 bridgehead atoms. The van der Waals surface area contributed by atoms with Gasteiger partial charge in [-0.1, -0.05) is 13.3 Å². The Morgan fingerprint density at radius 2 is 1.80 bits per heavy atom. The maximum absolute atomic E-state index is 12.1. The van der Waals surface area contributed by atoms with Crippen molar-refractivity contribution in [2.75, 3.05) is 13.1 Å². The third kappa shape index (κ3) is 2.03. The average molecular weight is 210 g/mol. The first-order valence-electron chi connectivity index (χ1n) is 6.14. The molecule has 1 aliphatic heterocycles. The molecule has 1 saturated carbocycles. The first kappa shape index (κ1) is 10.9. The molecule has 4 atom stereocenters. The van der Waals surface area contributed by atoms with E-state index in [9.17, 15) is 4.79 Å². The standard InChI is InChI=1S/C12H22N2O/c1-8(9(2)13)12(15)14-6-10-4-3-5-11(10)7-14/h8-11H,3-7,13H2,1-2H3. The van der Waals surface area contributed by atoms with Gasteiger partial charge >= 0.3 is 0 Å². The Kier molecular flexibility index (Phi) is 3.01. The van der Waals surface area contributed by atoms with Gasteiger partial charge in [0.05, 0.1) is 5.92 Å². The Labute approximate surface area is 92.0 Å². The Balaban J connectivity index is 1.93. The van der Waals surface area contributed by atoms with Crippen molar-refractivity contribution in [3.63, 3.8) is 0 Å². The van der Waals surface area contributed by atoms with E-state index in [1.165, 1.54) is 19.3 Å². The molecular weight excluding hydrogens is 188 g/mol. The highest BCUT2D eigenvalue weighted by Gasteiger charge is 2.39. The summed E-state index contributed by atoms with van der Waals surface area (Å²) < 4.78 is 0. The van der Waals surface area contributed by atoms with Crippen LogP contribution < -0.4 is 5.73 Å². The van der Waals surface area contributed by atoms with Crippen LogP contribution in [0.5, 0.6) is 0 Å². The summed E-state index contributed by atoms with van der Waals surface area (Å²) in [5.41, 5.74) is 5.77. The maximum Gasteiger partial charge on any atom is 0.226 e. The highest BCUT2D eigenvalue weighted by Crippen LogP contribution is 2.38. The van der Waals surface area contributed by atoms with Crippen LogP contribution in [-0.2, 0) is 4.79 Å². The summed E-state index contributed by atoms with van der Waals surface area (Å²) in [6, 6.07) is -0.0297. The van der Waals surface area contributed by atoms with Crippen LogP contribution >= 0.6 is 0 Å². The maximum atomic E-state index is 12.1. The summed E-state index contributed by atoms with van der Waals surface area (Å²) in [6.45, 7) is 5.84. The molecule has 0 spiro atoms. The molecule has 2 rings (SSSR count). The van der Waals surface area contributed by atoms with Crippen molar-refractivity contribution in [1.29, 1.82) is 0 Å². The van der Waals surface area contributed by atoms with E-state index < -0.39 is 0 Å². The fraction of sp³-hybridized carbons (Fsp3) is 0.917. The smallest absolute Gasteiger partial charge is 0.226 e.